The fourth-order valence-corrected chi connectivity index (χ4v) is 2.79. The predicted octanol–water partition coefficient (Wildman–Crippen LogP) is 4.17. The number of aromatic nitrogens is 2. The summed E-state index contributed by atoms with van der Waals surface area (Å²) in [6.45, 7) is 2.08. The first-order chi connectivity index (χ1) is 12.5. The van der Waals surface area contributed by atoms with Crippen LogP contribution in [-0.4, -0.2) is 15.3 Å². The summed E-state index contributed by atoms with van der Waals surface area (Å²) in [5.41, 5.74) is 1.15. The molecule has 2 aromatic rings. The van der Waals surface area contributed by atoms with Crippen LogP contribution in [0.1, 0.15) is 44.9 Å². The molecule has 5 nitrogen and oxygen atoms in total. The molecule has 136 valence electrons. The molecule has 0 aliphatic rings. The van der Waals surface area contributed by atoms with Crippen LogP contribution in [0.2, 0.25) is 5.02 Å². The summed E-state index contributed by atoms with van der Waals surface area (Å²) in [7, 11) is 0. The van der Waals surface area contributed by atoms with E-state index in [9.17, 15) is 9.59 Å². The van der Waals surface area contributed by atoms with Crippen molar-refractivity contribution in [3.63, 3.8) is 0 Å². The number of halogens is 1. The van der Waals surface area contributed by atoms with Crippen LogP contribution in [0.4, 0.5) is 0 Å². The number of nitrogens with zero attached hydrogens (tertiary/aromatic N) is 3. The predicted molar refractivity (Wildman–Crippen MR) is 102 cm³/mol. The maximum absolute atomic E-state index is 12.6. The molecule has 0 spiro atoms. The molecule has 0 radical (unpaired) electrons. The molecule has 0 saturated heterocycles. The highest BCUT2D eigenvalue weighted by molar-refractivity contribution is 6.30. The van der Waals surface area contributed by atoms with Gasteiger partial charge in [0.15, 0.2) is 5.78 Å². The van der Waals surface area contributed by atoms with Gasteiger partial charge in [-0.25, -0.2) is 4.98 Å². The van der Waals surface area contributed by atoms with Crippen molar-refractivity contribution in [2.24, 2.45) is 0 Å². The van der Waals surface area contributed by atoms with Crippen LogP contribution in [0.5, 0.6) is 0 Å². The third-order valence-electron chi connectivity index (χ3n) is 4.08. The van der Waals surface area contributed by atoms with Gasteiger partial charge in [-0.05, 0) is 18.6 Å². The Bertz CT molecular complexity index is 851. The summed E-state index contributed by atoms with van der Waals surface area (Å²) in [5, 5.41) is 9.24. The molecule has 0 aliphatic carbocycles. The van der Waals surface area contributed by atoms with E-state index in [1.807, 2.05) is 18.2 Å². The quantitative estimate of drug-likeness (QED) is 0.620. The second-order valence-electron chi connectivity index (χ2n) is 6.14. The maximum Gasteiger partial charge on any atom is 0.254 e. The zero-order valence-electron chi connectivity index (χ0n) is 14.9. The molecular formula is C20H22ClN3O2. The van der Waals surface area contributed by atoms with Gasteiger partial charge >= 0.3 is 0 Å². The van der Waals surface area contributed by atoms with Crippen LogP contribution >= 0.6 is 11.6 Å². The smallest absolute Gasteiger partial charge is 0.254 e. The van der Waals surface area contributed by atoms with Crippen molar-refractivity contribution in [1.82, 2.24) is 9.55 Å². The summed E-state index contributed by atoms with van der Waals surface area (Å²) in [6, 6.07) is 10.6. The van der Waals surface area contributed by atoms with E-state index < -0.39 is 0 Å². The molecule has 1 aromatic heterocycles. The van der Waals surface area contributed by atoms with Crippen molar-refractivity contribution in [1.29, 1.82) is 5.26 Å². The number of benzene rings is 1. The minimum atomic E-state index is -0.248. The first-order valence-electron chi connectivity index (χ1n) is 8.80. The van der Waals surface area contributed by atoms with Crippen LogP contribution in [-0.2, 0) is 17.8 Å². The third kappa shape index (κ3) is 5.53. The Morgan fingerprint density at radius 1 is 1.27 bits per heavy atom. The van der Waals surface area contributed by atoms with E-state index in [2.05, 4.69) is 11.9 Å². The van der Waals surface area contributed by atoms with Crippen molar-refractivity contribution in [2.45, 2.75) is 52.0 Å². The lowest BCUT2D eigenvalue weighted by Gasteiger charge is -2.13. The van der Waals surface area contributed by atoms with Crippen LogP contribution in [0.25, 0.3) is 11.3 Å². The number of ketones is 1. The Balaban J connectivity index is 2.36. The van der Waals surface area contributed by atoms with Crippen LogP contribution in [0.3, 0.4) is 0 Å². The number of rotatable bonds is 9. The van der Waals surface area contributed by atoms with Gasteiger partial charge in [0.05, 0.1) is 18.3 Å². The number of hydrogen-bond donors (Lipinski definition) is 0. The monoisotopic (exact) mass is 371 g/mol. The molecule has 0 amide bonds. The molecule has 0 fully saturated rings. The van der Waals surface area contributed by atoms with Crippen molar-refractivity contribution in [3.8, 4) is 17.3 Å². The summed E-state index contributed by atoms with van der Waals surface area (Å²) >= 11 is 5.92. The Morgan fingerprint density at radius 2 is 2.00 bits per heavy atom. The van der Waals surface area contributed by atoms with Crippen LogP contribution in [0.15, 0.2) is 35.1 Å². The standard InChI is InChI=1S/C20H22ClN3O2/c1-2-3-4-7-19-23-18(15-8-10-16(21)11-9-15)13-20(26)24(19)14-17(25)6-5-12-22/h8-11,13H,2-7,14H2,1H3. The van der Waals surface area contributed by atoms with Gasteiger partial charge in [0.1, 0.15) is 5.82 Å². The highest BCUT2D eigenvalue weighted by atomic mass is 35.5. The molecule has 0 aliphatic heterocycles. The first-order valence-corrected chi connectivity index (χ1v) is 9.18. The second-order valence-corrected chi connectivity index (χ2v) is 6.58. The molecule has 1 aromatic carbocycles. The van der Waals surface area contributed by atoms with Gasteiger partial charge in [0, 0.05) is 35.9 Å². The largest absolute Gasteiger partial charge is 0.298 e. The molecule has 0 atom stereocenters. The molecule has 0 unspecified atom stereocenters. The average molecular weight is 372 g/mol. The van der Waals surface area contributed by atoms with E-state index in [1.165, 1.54) is 10.6 Å². The summed E-state index contributed by atoms with van der Waals surface area (Å²) in [6.07, 6.45) is 3.94. The maximum atomic E-state index is 12.6. The minimum Gasteiger partial charge on any atom is -0.298 e. The Labute approximate surface area is 158 Å². The minimum absolute atomic E-state index is 0.0319. The topological polar surface area (TPSA) is 75.8 Å². The molecule has 26 heavy (non-hydrogen) atoms. The SMILES string of the molecule is CCCCCc1nc(-c2ccc(Cl)cc2)cc(=O)n1CC(=O)CCC#N. The van der Waals surface area contributed by atoms with Gasteiger partial charge in [-0.15, -0.1) is 0 Å². The summed E-state index contributed by atoms with van der Waals surface area (Å²) < 4.78 is 1.44. The van der Waals surface area contributed by atoms with Crippen molar-refractivity contribution in [2.75, 3.05) is 0 Å². The number of Topliss-reactive ketones (excluding diaryl/α,β-unsaturated/α-hetero) is 1. The molecule has 6 heteroatoms. The van der Waals surface area contributed by atoms with Gasteiger partial charge in [-0.3, -0.25) is 14.2 Å². The second kappa shape index (κ2) is 9.88. The number of aryl methyl sites for hydroxylation is 1. The van der Waals surface area contributed by atoms with E-state index in [0.29, 0.717) is 23.0 Å². The Hall–Kier alpha value is -2.45. The Morgan fingerprint density at radius 3 is 2.65 bits per heavy atom. The molecule has 0 saturated carbocycles. The number of nitriles is 1. The zero-order chi connectivity index (χ0) is 18.9. The number of hydrogen-bond acceptors (Lipinski definition) is 4. The van der Waals surface area contributed by atoms with Gasteiger partial charge in [-0.2, -0.15) is 5.26 Å². The summed E-state index contributed by atoms with van der Waals surface area (Å²) in [5.74, 6) is 0.479. The van der Waals surface area contributed by atoms with Gasteiger partial charge < -0.3 is 0 Å². The molecule has 0 bridgehead atoms. The van der Waals surface area contributed by atoms with Crippen molar-refractivity contribution < 1.29 is 4.79 Å². The number of unbranched alkanes of at least 4 members (excludes halogenated alkanes) is 2. The fourth-order valence-electron chi connectivity index (χ4n) is 2.67. The van der Waals surface area contributed by atoms with E-state index in [-0.39, 0.29) is 30.7 Å². The molecule has 0 N–H and O–H groups in total. The van der Waals surface area contributed by atoms with Crippen LogP contribution in [0, 0.1) is 11.3 Å². The van der Waals surface area contributed by atoms with E-state index in [0.717, 1.165) is 24.8 Å². The van der Waals surface area contributed by atoms with E-state index >= 15 is 0 Å². The highest BCUT2D eigenvalue weighted by Crippen LogP contribution is 2.19. The van der Waals surface area contributed by atoms with E-state index in [4.69, 9.17) is 16.9 Å². The van der Waals surface area contributed by atoms with Crippen molar-refractivity contribution >= 4 is 17.4 Å². The van der Waals surface area contributed by atoms with Crippen LogP contribution < -0.4 is 5.56 Å². The third-order valence-corrected chi connectivity index (χ3v) is 4.33. The van der Waals surface area contributed by atoms with E-state index in [1.54, 1.807) is 12.1 Å². The molecule has 2 rings (SSSR count). The lowest BCUT2D eigenvalue weighted by molar-refractivity contribution is -0.119. The number of carbonyl (C=O) groups is 1. The van der Waals surface area contributed by atoms with Crippen molar-refractivity contribution in [3.05, 3.63) is 51.5 Å². The lowest BCUT2D eigenvalue weighted by atomic mass is 10.1. The number of carbonyl (C=O) groups excluding carboxylic acids is 1. The van der Waals surface area contributed by atoms with Gasteiger partial charge in [0.25, 0.3) is 5.56 Å². The lowest BCUT2D eigenvalue weighted by Crippen LogP contribution is -2.28. The first kappa shape index (κ1) is 19.9. The fraction of sp³-hybridized carbons (Fsp3) is 0.400. The average Bonchev–Trinajstić information content (AvgIpc) is 2.63. The normalized spacial score (nSPS) is 10.5. The molecule has 1 heterocycles. The Kier molecular flexibility index (Phi) is 7.55. The zero-order valence-corrected chi connectivity index (χ0v) is 15.6. The van der Waals surface area contributed by atoms with Gasteiger partial charge in [0.2, 0.25) is 0 Å². The summed E-state index contributed by atoms with van der Waals surface area (Å²) in [4.78, 5) is 29.3. The van der Waals surface area contributed by atoms with Gasteiger partial charge in [-0.1, -0.05) is 43.5 Å². The highest BCUT2D eigenvalue weighted by Gasteiger charge is 2.13. The molecular weight excluding hydrogens is 350 g/mol.